The Kier molecular flexibility index (Phi) is 5.89. The molecule has 0 saturated heterocycles. The van der Waals surface area contributed by atoms with E-state index in [4.69, 9.17) is 4.74 Å². The van der Waals surface area contributed by atoms with Gasteiger partial charge in [0.2, 0.25) is 10.0 Å². The summed E-state index contributed by atoms with van der Waals surface area (Å²) < 4.78 is 69.6. The lowest BCUT2D eigenvalue weighted by Gasteiger charge is -2.10. The van der Waals surface area contributed by atoms with Crippen molar-refractivity contribution in [1.29, 1.82) is 0 Å². The molecule has 0 radical (unpaired) electrons. The zero-order valence-electron chi connectivity index (χ0n) is 12.8. The summed E-state index contributed by atoms with van der Waals surface area (Å²) in [4.78, 5) is 0.954. The van der Waals surface area contributed by atoms with Gasteiger partial charge in [0.05, 0.1) is 5.56 Å². The first-order valence-electron chi connectivity index (χ1n) is 7.11. The fourth-order valence-electron chi connectivity index (χ4n) is 1.87. The van der Waals surface area contributed by atoms with E-state index in [9.17, 15) is 21.6 Å². The second kappa shape index (κ2) is 7.54. The van der Waals surface area contributed by atoms with Gasteiger partial charge in [-0.3, -0.25) is 0 Å². The number of sulfonamides is 1. The van der Waals surface area contributed by atoms with Crippen LogP contribution in [0.25, 0.3) is 0 Å². The predicted molar refractivity (Wildman–Crippen MR) is 85.8 cm³/mol. The average molecular weight is 379 g/mol. The van der Waals surface area contributed by atoms with Crippen molar-refractivity contribution >= 4 is 21.4 Å². The minimum absolute atomic E-state index is 0.0356. The van der Waals surface area contributed by atoms with Crippen molar-refractivity contribution in [3.8, 4) is 5.75 Å². The monoisotopic (exact) mass is 379 g/mol. The van der Waals surface area contributed by atoms with Crippen LogP contribution in [0, 0.1) is 0 Å². The first-order valence-corrected chi connectivity index (χ1v) is 9.41. The molecule has 24 heavy (non-hydrogen) atoms. The van der Waals surface area contributed by atoms with Gasteiger partial charge in [0, 0.05) is 11.4 Å². The number of benzene rings is 1. The Morgan fingerprint density at radius 3 is 2.58 bits per heavy atom. The standard InChI is InChI=1S/C15H16F3NO3S2/c1-2-13-6-7-14(23-13)24(20,21)19-8-9-22-12-5-3-4-11(10-12)15(16,17)18/h3-7,10,19H,2,8-9H2,1H3. The van der Waals surface area contributed by atoms with Gasteiger partial charge in [0.15, 0.2) is 0 Å². The van der Waals surface area contributed by atoms with Gasteiger partial charge in [-0.05, 0) is 36.8 Å². The zero-order valence-corrected chi connectivity index (χ0v) is 14.4. The molecule has 2 rings (SSSR count). The van der Waals surface area contributed by atoms with Crippen LogP contribution in [0.15, 0.2) is 40.6 Å². The molecule has 0 spiro atoms. The number of rotatable bonds is 7. The first-order chi connectivity index (χ1) is 11.2. The quantitative estimate of drug-likeness (QED) is 0.747. The molecule has 0 aliphatic heterocycles. The van der Waals surface area contributed by atoms with Crippen LogP contribution >= 0.6 is 11.3 Å². The lowest BCUT2D eigenvalue weighted by molar-refractivity contribution is -0.137. The largest absolute Gasteiger partial charge is 0.492 e. The van der Waals surface area contributed by atoms with Crippen molar-refractivity contribution in [1.82, 2.24) is 4.72 Å². The number of alkyl halides is 3. The first kappa shape index (κ1) is 18.8. The summed E-state index contributed by atoms with van der Waals surface area (Å²) in [6.07, 6.45) is -3.70. The van der Waals surface area contributed by atoms with Crippen molar-refractivity contribution in [3.05, 3.63) is 46.8 Å². The Labute approximate surface area is 142 Å². The van der Waals surface area contributed by atoms with E-state index in [-0.39, 0.29) is 23.1 Å². The van der Waals surface area contributed by atoms with Gasteiger partial charge in [-0.15, -0.1) is 11.3 Å². The molecular formula is C15H16F3NO3S2. The van der Waals surface area contributed by atoms with E-state index >= 15 is 0 Å². The SMILES string of the molecule is CCc1ccc(S(=O)(=O)NCCOc2cccc(C(F)(F)F)c2)s1. The van der Waals surface area contributed by atoms with Crippen LogP contribution in [-0.4, -0.2) is 21.6 Å². The van der Waals surface area contributed by atoms with Crippen molar-refractivity contribution in [2.45, 2.75) is 23.7 Å². The summed E-state index contributed by atoms with van der Waals surface area (Å²) in [6.45, 7) is 1.81. The molecule has 1 aromatic carbocycles. The molecule has 0 aliphatic rings. The molecule has 1 heterocycles. The van der Waals surface area contributed by atoms with Crippen LogP contribution in [-0.2, 0) is 22.6 Å². The highest BCUT2D eigenvalue weighted by Crippen LogP contribution is 2.31. The Morgan fingerprint density at radius 2 is 1.96 bits per heavy atom. The number of ether oxygens (including phenoxy) is 1. The molecule has 4 nitrogen and oxygen atoms in total. The van der Waals surface area contributed by atoms with E-state index in [0.717, 1.165) is 23.4 Å². The van der Waals surface area contributed by atoms with Crippen LogP contribution in [0.4, 0.5) is 13.2 Å². The van der Waals surface area contributed by atoms with Crippen LogP contribution in [0.5, 0.6) is 5.75 Å². The van der Waals surface area contributed by atoms with Crippen LogP contribution in [0.2, 0.25) is 0 Å². The van der Waals surface area contributed by atoms with Crippen molar-refractivity contribution < 1.29 is 26.3 Å². The van der Waals surface area contributed by atoms with Crippen molar-refractivity contribution in [2.24, 2.45) is 0 Å². The highest BCUT2D eigenvalue weighted by Gasteiger charge is 2.30. The third-order valence-corrected chi connectivity index (χ3v) is 6.26. The highest BCUT2D eigenvalue weighted by molar-refractivity contribution is 7.91. The highest BCUT2D eigenvalue weighted by atomic mass is 32.2. The van der Waals surface area contributed by atoms with E-state index in [0.29, 0.717) is 0 Å². The van der Waals surface area contributed by atoms with E-state index in [1.54, 1.807) is 6.07 Å². The lowest BCUT2D eigenvalue weighted by Crippen LogP contribution is -2.27. The van der Waals surface area contributed by atoms with Crippen LogP contribution in [0.1, 0.15) is 17.4 Å². The van der Waals surface area contributed by atoms with E-state index in [1.165, 1.54) is 29.5 Å². The van der Waals surface area contributed by atoms with Gasteiger partial charge in [-0.1, -0.05) is 13.0 Å². The fourth-order valence-corrected chi connectivity index (χ4v) is 4.22. The normalized spacial score (nSPS) is 12.3. The second-order valence-electron chi connectivity index (χ2n) is 4.85. The Morgan fingerprint density at radius 1 is 1.21 bits per heavy atom. The van der Waals surface area contributed by atoms with Crippen LogP contribution < -0.4 is 9.46 Å². The number of hydrogen-bond acceptors (Lipinski definition) is 4. The summed E-state index contributed by atoms with van der Waals surface area (Å²) in [6, 6.07) is 7.72. The summed E-state index contributed by atoms with van der Waals surface area (Å²) in [5.74, 6) is 0.0356. The average Bonchev–Trinajstić information content (AvgIpc) is 3.01. The molecule has 132 valence electrons. The Bertz CT molecular complexity index is 785. The van der Waals surface area contributed by atoms with Crippen molar-refractivity contribution in [3.63, 3.8) is 0 Å². The Hall–Kier alpha value is -1.58. The minimum atomic E-state index is -4.45. The summed E-state index contributed by atoms with van der Waals surface area (Å²) >= 11 is 1.18. The number of aryl methyl sites for hydroxylation is 1. The molecule has 0 saturated carbocycles. The molecule has 0 fully saturated rings. The number of halogens is 3. The number of nitrogens with one attached hydrogen (secondary N) is 1. The lowest BCUT2D eigenvalue weighted by atomic mass is 10.2. The molecular weight excluding hydrogens is 363 g/mol. The molecule has 1 aromatic heterocycles. The third kappa shape index (κ3) is 4.96. The maximum atomic E-state index is 12.6. The maximum Gasteiger partial charge on any atom is 0.416 e. The predicted octanol–water partition coefficient (Wildman–Crippen LogP) is 3.69. The maximum absolute atomic E-state index is 12.6. The topological polar surface area (TPSA) is 55.4 Å². The van der Waals surface area contributed by atoms with Crippen molar-refractivity contribution in [2.75, 3.05) is 13.2 Å². The molecule has 1 N–H and O–H groups in total. The van der Waals surface area contributed by atoms with E-state index < -0.39 is 21.8 Å². The number of hydrogen-bond donors (Lipinski definition) is 1. The third-order valence-electron chi connectivity index (χ3n) is 3.07. The number of thiophene rings is 1. The molecule has 0 unspecified atom stereocenters. The van der Waals surface area contributed by atoms with E-state index in [2.05, 4.69) is 4.72 Å². The van der Waals surface area contributed by atoms with Gasteiger partial charge in [-0.25, -0.2) is 13.1 Å². The summed E-state index contributed by atoms with van der Waals surface area (Å²) in [7, 11) is -3.63. The zero-order chi connectivity index (χ0) is 17.8. The van der Waals surface area contributed by atoms with E-state index in [1.807, 2.05) is 6.92 Å². The van der Waals surface area contributed by atoms with Gasteiger partial charge in [0.1, 0.15) is 16.6 Å². The van der Waals surface area contributed by atoms with Gasteiger partial charge >= 0.3 is 6.18 Å². The summed E-state index contributed by atoms with van der Waals surface area (Å²) in [5, 5.41) is 0. The molecule has 0 atom stereocenters. The molecule has 0 amide bonds. The molecule has 0 bridgehead atoms. The summed E-state index contributed by atoms with van der Waals surface area (Å²) in [5.41, 5.74) is -0.814. The van der Waals surface area contributed by atoms with Gasteiger partial charge < -0.3 is 4.74 Å². The minimum Gasteiger partial charge on any atom is -0.492 e. The fraction of sp³-hybridized carbons (Fsp3) is 0.333. The smallest absolute Gasteiger partial charge is 0.416 e. The Balaban J connectivity index is 1.89. The van der Waals surface area contributed by atoms with Gasteiger partial charge in [-0.2, -0.15) is 13.2 Å². The second-order valence-corrected chi connectivity index (χ2v) is 8.01. The van der Waals surface area contributed by atoms with Gasteiger partial charge in [0.25, 0.3) is 0 Å². The molecule has 2 aromatic rings. The van der Waals surface area contributed by atoms with Crippen LogP contribution in [0.3, 0.4) is 0 Å². The molecule has 0 aliphatic carbocycles. The molecule has 9 heteroatoms.